The Balaban J connectivity index is 1.71. The fourth-order valence-corrected chi connectivity index (χ4v) is 2.58. The van der Waals surface area contributed by atoms with Crippen LogP contribution in [-0.4, -0.2) is 16.0 Å². The van der Waals surface area contributed by atoms with Crippen LogP contribution in [0.2, 0.25) is 0 Å². The van der Waals surface area contributed by atoms with Crippen molar-refractivity contribution in [1.82, 2.24) is 4.90 Å². The van der Waals surface area contributed by atoms with Crippen molar-refractivity contribution in [2.45, 2.75) is 38.6 Å². The van der Waals surface area contributed by atoms with E-state index in [1.807, 2.05) is 36.4 Å². The highest BCUT2D eigenvalue weighted by Gasteiger charge is 2.29. The Morgan fingerprint density at radius 3 is 2.24 bits per heavy atom. The van der Waals surface area contributed by atoms with Crippen LogP contribution in [0.15, 0.2) is 48.5 Å². The van der Waals surface area contributed by atoms with E-state index in [2.05, 4.69) is 4.90 Å². The molecule has 2 aromatic carbocycles. The van der Waals surface area contributed by atoms with Crippen LogP contribution < -0.4 is 0 Å². The maximum atomic E-state index is 13.8. The molecule has 0 unspecified atom stereocenters. The van der Waals surface area contributed by atoms with Gasteiger partial charge < -0.3 is 5.11 Å². The third kappa shape index (κ3) is 3.69. The summed E-state index contributed by atoms with van der Waals surface area (Å²) in [5, 5.41) is 9.08. The van der Waals surface area contributed by atoms with Gasteiger partial charge in [-0.25, -0.2) is 4.39 Å². The summed E-state index contributed by atoms with van der Waals surface area (Å²) < 4.78 is 13.8. The Morgan fingerprint density at radius 2 is 1.62 bits per heavy atom. The van der Waals surface area contributed by atoms with Gasteiger partial charge in [-0.15, -0.1) is 0 Å². The first-order chi connectivity index (χ1) is 10.3. The Kier molecular flexibility index (Phi) is 4.32. The summed E-state index contributed by atoms with van der Waals surface area (Å²) in [4.78, 5) is 2.34. The minimum absolute atomic E-state index is 0.0713. The van der Waals surface area contributed by atoms with Crippen LogP contribution in [0.25, 0.3) is 0 Å². The van der Waals surface area contributed by atoms with Gasteiger partial charge >= 0.3 is 0 Å². The number of nitrogens with zero attached hydrogens (tertiary/aromatic N) is 1. The zero-order chi connectivity index (χ0) is 14.7. The van der Waals surface area contributed by atoms with Gasteiger partial charge in [-0.05, 0) is 30.0 Å². The molecule has 0 aliphatic heterocycles. The molecule has 0 amide bonds. The maximum absolute atomic E-state index is 13.8. The smallest absolute Gasteiger partial charge is 0.127 e. The molecule has 0 saturated heterocycles. The van der Waals surface area contributed by atoms with E-state index < -0.39 is 0 Å². The molecular weight excluding hydrogens is 265 g/mol. The van der Waals surface area contributed by atoms with Crippen LogP contribution in [0.1, 0.15) is 29.5 Å². The molecule has 3 heteroatoms. The lowest BCUT2D eigenvalue weighted by atomic mass is 10.1. The molecule has 0 aromatic heterocycles. The second kappa shape index (κ2) is 6.37. The van der Waals surface area contributed by atoms with E-state index in [1.165, 1.54) is 24.5 Å². The zero-order valence-electron chi connectivity index (χ0n) is 12.0. The third-order valence-corrected chi connectivity index (χ3v) is 3.99. The van der Waals surface area contributed by atoms with Crippen molar-refractivity contribution in [3.05, 3.63) is 71.0 Å². The van der Waals surface area contributed by atoms with Crippen molar-refractivity contribution in [3.8, 4) is 0 Å². The van der Waals surface area contributed by atoms with Crippen LogP contribution in [0, 0.1) is 5.82 Å². The summed E-state index contributed by atoms with van der Waals surface area (Å²) in [6.07, 6.45) is 2.40. The Hall–Kier alpha value is -1.71. The van der Waals surface area contributed by atoms with Crippen molar-refractivity contribution < 1.29 is 9.50 Å². The van der Waals surface area contributed by atoms with E-state index in [9.17, 15) is 4.39 Å². The molecule has 1 fully saturated rings. The Bertz CT molecular complexity index is 592. The molecule has 2 nitrogen and oxygen atoms in total. The standard InChI is InChI=1S/C18H20FNO/c19-18-4-2-1-3-16(18)12-20(17-9-10-17)11-14-5-7-15(13-21)8-6-14/h1-8,17,21H,9-13H2. The van der Waals surface area contributed by atoms with E-state index >= 15 is 0 Å². The minimum atomic E-state index is -0.126. The second-order valence-corrected chi connectivity index (χ2v) is 5.70. The quantitative estimate of drug-likeness (QED) is 0.878. The summed E-state index contributed by atoms with van der Waals surface area (Å²) >= 11 is 0. The number of aliphatic hydroxyl groups is 1. The van der Waals surface area contributed by atoms with E-state index in [0.717, 1.165) is 17.7 Å². The normalized spacial score (nSPS) is 14.6. The molecule has 1 aliphatic carbocycles. The number of hydrogen-bond donors (Lipinski definition) is 1. The Morgan fingerprint density at radius 1 is 0.952 bits per heavy atom. The molecule has 3 rings (SSSR count). The monoisotopic (exact) mass is 285 g/mol. The van der Waals surface area contributed by atoms with E-state index in [0.29, 0.717) is 12.6 Å². The zero-order valence-corrected chi connectivity index (χ0v) is 12.0. The van der Waals surface area contributed by atoms with Crippen LogP contribution in [0.5, 0.6) is 0 Å². The molecule has 0 spiro atoms. The lowest BCUT2D eigenvalue weighted by Gasteiger charge is -2.22. The van der Waals surface area contributed by atoms with Crippen LogP contribution in [0.4, 0.5) is 4.39 Å². The lowest BCUT2D eigenvalue weighted by Crippen LogP contribution is -2.25. The molecule has 2 aromatic rings. The maximum Gasteiger partial charge on any atom is 0.127 e. The van der Waals surface area contributed by atoms with Gasteiger partial charge in [0, 0.05) is 24.7 Å². The average molecular weight is 285 g/mol. The van der Waals surface area contributed by atoms with Crippen molar-refractivity contribution in [3.63, 3.8) is 0 Å². The molecule has 0 radical (unpaired) electrons. The van der Waals surface area contributed by atoms with E-state index in [1.54, 1.807) is 6.07 Å². The predicted molar refractivity (Wildman–Crippen MR) is 81.0 cm³/mol. The molecular formula is C18H20FNO. The number of rotatable bonds is 6. The lowest BCUT2D eigenvalue weighted by molar-refractivity contribution is 0.242. The first-order valence-corrected chi connectivity index (χ1v) is 7.42. The molecule has 21 heavy (non-hydrogen) atoms. The van der Waals surface area contributed by atoms with Gasteiger partial charge in [-0.3, -0.25) is 4.90 Å². The van der Waals surface area contributed by atoms with Gasteiger partial charge in [0.05, 0.1) is 6.61 Å². The molecule has 0 heterocycles. The summed E-state index contributed by atoms with van der Waals surface area (Å²) in [5.41, 5.74) is 2.89. The molecule has 110 valence electrons. The number of halogens is 1. The van der Waals surface area contributed by atoms with Gasteiger partial charge in [-0.1, -0.05) is 42.5 Å². The summed E-state index contributed by atoms with van der Waals surface area (Å²) in [5.74, 6) is -0.126. The Labute approximate surface area is 124 Å². The number of aliphatic hydroxyl groups excluding tert-OH is 1. The molecule has 0 atom stereocenters. The predicted octanol–water partition coefficient (Wildman–Crippen LogP) is 3.48. The van der Waals surface area contributed by atoms with Crippen LogP contribution in [0.3, 0.4) is 0 Å². The highest BCUT2D eigenvalue weighted by molar-refractivity contribution is 5.23. The van der Waals surface area contributed by atoms with E-state index in [-0.39, 0.29) is 12.4 Å². The third-order valence-electron chi connectivity index (χ3n) is 3.99. The first kappa shape index (κ1) is 14.2. The summed E-state index contributed by atoms with van der Waals surface area (Å²) in [7, 11) is 0. The molecule has 0 bridgehead atoms. The van der Waals surface area contributed by atoms with E-state index in [4.69, 9.17) is 5.11 Å². The minimum Gasteiger partial charge on any atom is -0.392 e. The van der Waals surface area contributed by atoms with Gasteiger partial charge in [0.15, 0.2) is 0 Å². The highest BCUT2D eigenvalue weighted by atomic mass is 19.1. The SMILES string of the molecule is OCc1ccc(CN(Cc2ccccc2F)C2CC2)cc1. The fourth-order valence-electron chi connectivity index (χ4n) is 2.58. The van der Waals surface area contributed by atoms with Gasteiger partial charge in [0.25, 0.3) is 0 Å². The second-order valence-electron chi connectivity index (χ2n) is 5.70. The van der Waals surface area contributed by atoms with Crippen molar-refractivity contribution >= 4 is 0 Å². The van der Waals surface area contributed by atoms with Crippen molar-refractivity contribution in [2.75, 3.05) is 0 Å². The summed E-state index contributed by atoms with van der Waals surface area (Å²) in [6.45, 7) is 1.55. The van der Waals surface area contributed by atoms with Crippen molar-refractivity contribution in [1.29, 1.82) is 0 Å². The average Bonchev–Trinajstić information content (AvgIpc) is 3.34. The van der Waals surface area contributed by atoms with Gasteiger partial charge in [-0.2, -0.15) is 0 Å². The molecule has 1 aliphatic rings. The highest BCUT2D eigenvalue weighted by Crippen LogP contribution is 2.30. The van der Waals surface area contributed by atoms with Crippen molar-refractivity contribution in [2.24, 2.45) is 0 Å². The summed E-state index contributed by atoms with van der Waals surface area (Å²) in [6, 6.07) is 15.6. The van der Waals surface area contributed by atoms with Crippen LogP contribution >= 0.6 is 0 Å². The topological polar surface area (TPSA) is 23.5 Å². The molecule has 1 saturated carbocycles. The fraction of sp³-hybridized carbons (Fsp3) is 0.333. The van der Waals surface area contributed by atoms with Gasteiger partial charge in [0.1, 0.15) is 5.82 Å². The first-order valence-electron chi connectivity index (χ1n) is 7.42. The molecule has 1 N–H and O–H groups in total. The van der Waals surface area contributed by atoms with Gasteiger partial charge in [0.2, 0.25) is 0 Å². The number of hydrogen-bond acceptors (Lipinski definition) is 2. The van der Waals surface area contributed by atoms with Crippen LogP contribution in [-0.2, 0) is 19.7 Å². The number of benzene rings is 2. The largest absolute Gasteiger partial charge is 0.392 e.